The average molecular weight is 559 g/mol. The normalized spacial score (nSPS) is 19.6. The number of hydrogen-bond acceptors (Lipinski definition) is 3. The van der Waals surface area contributed by atoms with Crippen LogP contribution in [0.2, 0.25) is 0 Å². The third-order valence-corrected chi connectivity index (χ3v) is 7.39. The summed E-state index contributed by atoms with van der Waals surface area (Å²) < 4.78 is 14.7. The molecule has 1 amide bonds. The van der Waals surface area contributed by atoms with Gasteiger partial charge in [-0.1, -0.05) is 47.7 Å². The van der Waals surface area contributed by atoms with Gasteiger partial charge in [0.05, 0.1) is 6.04 Å². The Morgan fingerprint density at radius 3 is 2.58 bits per heavy atom. The van der Waals surface area contributed by atoms with E-state index in [-0.39, 0.29) is 11.7 Å². The Morgan fingerprint density at radius 2 is 1.89 bits per heavy atom. The number of guanidine groups is 1. The second-order valence-corrected chi connectivity index (χ2v) is 10.8. The highest BCUT2D eigenvalue weighted by Crippen LogP contribution is 2.21. The number of carbonyl (C=O) groups excluding carboxylic acids is 1. The van der Waals surface area contributed by atoms with Crippen molar-refractivity contribution in [1.29, 1.82) is 0 Å². The molecule has 3 N–H and O–H groups in total. The van der Waals surface area contributed by atoms with Crippen molar-refractivity contribution in [2.45, 2.75) is 64.0 Å². The highest BCUT2D eigenvalue weighted by atomic mass is 79.9. The van der Waals surface area contributed by atoms with Crippen LogP contribution in [0.25, 0.3) is 0 Å². The molecule has 0 bridgehead atoms. The van der Waals surface area contributed by atoms with E-state index in [4.69, 9.17) is 4.99 Å². The van der Waals surface area contributed by atoms with Gasteiger partial charge in [0.15, 0.2) is 5.96 Å². The number of nitrogens with one attached hydrogen (secondary N) is 3. The first kappa shape index (κ1) is 26.6. The van der Waals surface area contributed by atoms with Crippen LogP contribution in [-0.4, -0.2) is 55.0 Å². The van der Waals surface area contributed by atoms with E-state index in [0.717, 1.165) is 44.1 Å². The number of benzene rings is 2. The molecule has 2 fully saturated rings. The molecule has 1 saturated heterocycles. The fourth-order valence-electron chi connectivity index (χ4n) is 4.85. The molecular formula is C28H37BrFN5O. The van der Waals surface area contributed by atoms with Crippen molar-refractivity contribution >= 4 is 33.5 Å². The summed E-state index contributed by atoms with van der Waals surface area (Å²) in [5.41, 5.74) is 2.08. The van der Waals surface area contributed by atoms with Crippen LogP contribution in [0, 0.1) is 5.82 Å². The average Bonchev–Trinajstić information content (AvgIpc) is 3.14. The molecule has 194 valence electrons. The summed E-state index contributed by atoms with van der Waals surface area (Å²) in [7, 11) is 0. The van der Waals surface area contributed by atoms with Gasteiger partial charge in [-0.15, -0.1) is 0 Å². The van der Waals surface area contributed by atoms with Gasteiger partial charge in [0.2, 0.25) is 0 Å². The van der Waals surface area contributed by atoms with Gasteiger partial charge in [0.25, 0.3) is 5.91 Å². The van der Waals surface area contributed by atoms with Crippen molar-refractivity contribution in [3.8, 4) is 0 Å². The molecule has 1 heterocycles. The fraction of sp³-hybridized carbons (Fsp3) is 0.500. The molecule has 36 heavy (non-hydrogen) atoms. The SMILES string of the molecule is C[C@H]1CN(/C(=N\C2CCCCCC2)Nc2ccc(C(=O)NCCc3ccc(Br)cc3F)cc2)CCN1. The van der Waals surface area contributed by atoms with Crippen LogP contribution in [0.3, 0.4) is 0 Å². The standard InChI is InChI=1S/C28H37BrFN5O/c1-20-19-35(17-16-31-20)28(33-24-6-4-2-3-5-7-24)34-25-12-9-22(10-13-25)27(36)32-15-14-21-8-11-23(29)18-26(21)30/h8-13,18,20,24,31H,2-7,14-17,19H2,1H3,(H,32,36)(H,33,34)/t20-/m0/s1. The van der Waals surface area contributed by atoms with Gasteiger partial charge in [0.1, 0.15) is 5.82 Å². The summed E-state index contributed by atoms with van der Waals surface area (Å²) in [6.45, 7) is 5.35. The molecule has 0 aromatic heterocycles. The number of rotatable bonds is 6. The van der Waals surface area contributed by atoms with Crippen molar-refractivity contribution in [3.05, 3.63) is 63.9 Å². The van der Waals surface area contributed by atoms with Gasteiger partial charge < -0.3 is 20.9 Å². The lowest BCUT2D eigenvalue weighted by molar-refractivity contribution is 0.0954. The van der Waals surface area contributed by atoms with E-state index >= 15 is 0 Å². The molecule has 1 atom stereocenters. The molecule has 0 unspecified atom stereocenters. The summed E-state index contributed by atoms with van der Waals surface area (Å²) >= 11 is 3.26. The minimum atomic E-state index is -0.269. The van der Waals surface area contributed by atoms with Crippen molar-refractivity contribution < 1.29 is 9.18 Å². The number of carbonyl (C=O) groups is 1. The molecule has 1 saturated carbocycles. The molecule has 2 aromatic carbocycles. The van der Waals surface area contributed by atoms with Gasteiger partial charge in [-0.3, -0.25) is 4.79 Å². The van der Waals surface area contributed by atoms with Crippen molar-refractivity contribution in [1.82, 2.24) is 15.5 Å². The predicted octanol–water partition coefficient (Wildman–Crippen LogP) is 5.35. The van der Waals surface area contributed by atoms with E-state index in [1.807, 2.05) is 24.3 Å². The lowest BCUT2D eigenvalue weighted by atomic mass is 10.1. The Hall–Kier alpha value is -2.45. The molecule has 1 aliphatic heterocycles. The maximum Gasteiger partial charge on any atom is 0.251 e. The highest BCUT2D eigenvalue weighted by molar-refractivity contribution is 9.10. The summed E-state index contributed by atoms with van der Waals surface area (Å²) in [6.07, 6.45) is 7.85. The molecule has 2 aromatic rings. The molecule has 0 radical (unpaired) electrons. The number of halogens is 2. The first-order valence-corrected chi connectivity index (χ1v) is 13.9. The second-order valence-electron chi connectivity index (χ2n) is 9.84. The number of aliphatic imine (C=N–C) groups is 1. The zero-order chi connectivity index (χ0) is 25.3. The lowest BCUT2D eigenvalue weighted by Crippen LogP contribution is -2.53. The van der Waals surface area contributed by atoms with Gasteiger partial charge in [0, 0.05) is 47.9 Å². The molecule has 2 aliphatic rings. The Balaban J connectivity index is 1.37. The quantitative estimate of drug-likeness (QED) is 0.254. The summed E-state index contributed by atoms with van der Waals surface area (Å²) in [5, 5.41) is 9.94. The van der Waals surface area contributed by atoms with E-state index in [1.54, 1.807) is 12.1 Å². The zero-order valence-corrected chi connectivity index (χ0v) is 22.6. The Bertz CT molecular complexity index is 1040. The molecule has 4 rings (SSSR count). The topological polar surface area (TPSA) is 68.8 Å². The van der Waals surface area contributed by atoms with Gasteiger partial charge >= 0.3 is 0 Å². The number of piperazine rings is 1. The Morgan fingerprint density at radius 1 is 1.14 bits per heavy atom. The van der Waals surface area contributed by atoms with Crippen LogP contribution in [0.1, 0.15) is 61.4 Å². The number of nitrogens with zero attached hydrogens (tertiary/aromatic N) is 2. The second kappa shape index (κ2) is 13.2. The number of amides is 1. The third kappa shape index (κ3) is 7.77. The third-order valence-electron chi connectivity index (χ3n) is 6.90. The van der Waals surface area contributed by atoms with E-state index in [9.17, 15) is 9.18 Å². The Kier molecular flexibility index (Phi) is 9.75. The van der Waals surface area contributed by atoms with Crippen LogP contribution in [0.5, 0.6) is 0 Å². The number of hydrogen-bond donors (Lipinski definition) is 3. The van der Waals surface area contributed by atoms with Gasteiger partial charge in [-0.25, -0.2) is 9.38 Å². The first-order valence-electron chi connectivity index (χ1n) is 13.1. The van der Waals surface area contributed by atoms with Crippen molar-refractivity contribution in [2.24, 2.45) is 4.99 Å². The maximum absolute atomic E-state index is 14.0. The molecule has 8 heteroatoms. The molecule has 1 aliphatic carbocycles. The van der Waals surface area contributed by atoms with Gasteiger partial charge in [-0.05, 0) is 68.1 Å². The zero-order valence-electron chi connectivity index (χ0n) is 21.0. The van der Waals surface area contributed by atoms with E-state index in [1.165, 1.54) is 31.7 Å². The van der Waals surface area contributed by atoms with Crippen LogP contribution >= 0.6 is 15.9 Å². The largest absolute Gasteiger partial charge is 0.352 e. The van der Waals surface area contributed by atoms with Crippen LogP contribution < -0.4 is 16.0 Å². The monoisotopic (exact) mass is 557 g/mol. The summed E-state index contributed by atoms with van der Waals surface area (Å²) in [6, 6.07) is 13.3. The first-order chi connectivity index (χ1) is 17.5. The minimum absolute atomic E-state index is 0.164. The molecule has 6 nitrogen and oxygen atoms in total. The predicted molar refractivity (Wildman–Crippen MR) is 148 cm³/mol. The summed E-state index contributed by atoms with van der Waals surface area (Å²) in [4.78, 5) is 20.1. The number of anilines is 1. The lowest BCUT2D eigenvalue weighted by Gasteiger charge is -2.35. The maximum atomic E-state index is 14.0. The molecular weight excluding hydrogens is 521 g/mol. The van der Waals surface area contributed by atoms with Crippen LogP contribution in [0.15, 0.2) is 51.9 Å². The van der Waals surface area contributed by atoms with E-state index in [0.29, 0.717) is 40.6 Å². The van der Waals surface area contributed by atoms with E-state index in [2.05, 4.69) is 43.7 Å². The highest BCUT2D eigenvalue weighted by Gasteiger charge is 2.21. The molecule has 0 spiro atoms. The van der Waals surface area contributed by atoms with Crippen LogP contribution in [-0.2, 0) is 6.42 Å². The van der Waals surface area contributed by atoms with Crippen molar-refractivity contribution in [2.75, 3.05) is 31.5 Å². The van der Waals surface area contributed by atoms with Crippen molar-refractivity contribution in [3.63, 3.8) is 0 Å². The fourth-order valence-corrected chi connectivity index (χ4v) is 5.18. The van der Waals surface area contributed by atoms with Crippen LogP contribution in [0.4, 0.5) is 10.1 Å². The summed E-state index contributed by atoms with van der Waals surface area (Å²) in [5.74, 6) is 0.501. The minimum Gasteiger partial charge on any atom is -0.352 e. The Labute approximate surface area is 222 Å². The van der Waals surface area contributed by atoms with E-state index < -0.39 is 0 Å². The smallest absolute Gasteiger partial charge is 0.251 e. The van der Waals surface area contributed by atoms with Gasteiger partial charge in [-0.2, -0.15) is 0 Å².